The van der Waals surface area contributed by atoms with Crippen LogP contribution in [-0.2, 0) is 22.4 Å². The molecule has 1 rings (SSSR count). The van der Waals surface area contributed by atoms with E-state index in [2.05, 4.69) is 0 Å². The Kier molecular flexibility index (Phi) is 8.71. The summed E-state index contributed by atoms with van der Waals surface area (Å²) in [6.07, 6.45) is 0. The van der Waals surface area contributed by atoms with Crippen molar-refractivity contribution in [2.45, 2.75) is 0 Å². The summed E-state index contributed by atoms with van der Waals surface area (Å²) in [7, 11) is -2.17. The molecule has 1 radical (unpaired) electrons. The molecule has 0 amide bonds. The summed E-state index contributed by atoms with van der Waals surface area (Å²) >= 11 is 0. The molecule has 0 saturated heterocycles. The Labute approximate surface area is 102 Å². The van der Waals surface area contributed by atoms with Gasteiger partial charge in [-0.15, -0.1) is 0 Å². The summed E-state index contributed by atoms with van der Waals surface area (Å²) < 4.78 is 60.0. The van der Waals surface area contributed by atoms with Gasteiger partial charge in [-0.1, -0.05) is 0 Å². The van der Waals surface area contributed by atoms with Gasteiger partial charge in [0.15, 0.2) is 23.3 Å². The van der Waals surface area contributed by atoms with Gasteiger partial charge in [0, 0.05) is 28.4 Å². The zero-order valence-corrected chi connectivity index (χ0v) is 8.67. The molecular weight excluding hydrogens is 334 g/mol. The minimum absolute atomic E-state index is 0. The fraction of sp³-hybridized carbons (Fsp3) is 0. The van der Waals surface area contributed by atoms with E-state index in [9.17, 15) is 22.0 Å². The van der Waals surface area contributed by atoms with Gasteiger partial charge < -0.3 is 15.1 Å². The fourth-order valence-corrected chi connectivity index (χ4v) is 0.544. The van der Waals surface area contributed by atoms with Gasteiger partial charge in [-0.3, -0.25) is 0 Å². The molecule has 0 atom stereocenters. The van der Waals surface area contributed by atoms with Crippen molar-refractivity contribution in [2.75, 3.05) is 0 Å². The van der Waals surface area contributed by atoms with E-state index < -0.39 is 36.4 Å². The average Bonchev–Trinajstić information content (AvgIpc) is 2.11. The number of hydrogen-bond donors (Lipinski definition) is 3. The van der Waals surface area contributed by atoms with Gasteiger partial charge in [0.05, 0.1) is 0 Å². The number of hydrogen-bond acceptors (Lipinski definition) is 3. The van der Waals surface area contributed by atoms with Crippen LogP contribution in [0.1, 0.15) is 0 Å². The molecule has 95 valence electrons. The van der Waals surface area contributed by atoms with Crippen LogP contribution in [0.5, 0.6) is 0 Å². The summed E-state index contributed by atoms with van der Waals surface area (Å²) in [5.41, 5.74) is 0. The number of rotatable bonds is 0. The summed E-state index contributed by atoms with van der Waals surface area (Å²) in [5, 5.41) is 21.5. The largest absolute Gasteiger partial charge is 0.631 e. The average molecular weight is 338 g/mol. The van der Waals surface area contributed by atoms with E-state index in [0.29, 0.717) is 0 Å². The Hall–Kier alpha value is -0.445. The van der Waals surface area contributed by atoms with Crippen LogP contribution in [0.25, 0.3) is 0 Å². The first-order valence-corrected chi connectivity index (χ1v) is 3.30. The molecule has 0 saturated carbocycles. The van der Waals surface area contributed by atoms with Crippen molar-refractivity contribution in [3.8, 4) is 0 Å². The van der Waals surface area contributed by atoms with Gasteiger partial charge in [0.2, 0.25) is 5.82 Å². The molecule has 0 heterocycles. The summed E-state index contributed by atoms with van der Waals surface area (Å²) in [4.78, 5) is 0. The first kappa shape index (κ1) is 17.9. The molecule has 0 aliphatic rings. The second-order valence-corrected chi connectivity index (χ2v) is 2.13. The van der Waals surface area contributed by atoms with Crippen molar-refractivity contribution in [1.82, 2.24) is 0 Å². The first-order chi connectivity index (χ1) is 6.77. The van der Waals surface area contributed by atoms with Crippen molar-refractivity contribution < 1.29 is 59.4 Å². The molecule has 1 aromatic rings. The Morgan fingerprint density at radius 3 is 1.25 bits per heavy atom. The van der Waals surface area contributed by atoms with E-state index in [1.807, 2.05) is 0 Å². The molecule has 3 N–H and O–H groups in total. The maximum absolute atomic E-state index is 12.0. The van der Waals surface area contributed by atoms with Crippen molar-refractivity contribution in [2.24, 2.45) is 0 Å². The van der Waals surface area contributed by atoms with Crippen LogP contribution in [0.2, 0.25) is 0 Å². The van der Waals surface area contributed by atoms with Gasteiger partial charge in [-0.2, -0.15) is 0 Å². The van der Waals surface area contributed by atoms with Crippen molar-refractivity contribution in [1.29, 1.82) is 0 Å². The maximum Gasteiger partial charge on any atom is 0.631 e. The predicted octanol–water partition coefficient (Wildman–Crippen LogP) is 0.328. The van der Waals surface area contributed by atoms with E-state index in [1.165, 1.54) is 0 Å². The number of halogens is 5. The summed E-state index contributed by atoms with van der Waals surface area (Å²) in [6, 6.07) is -0.0618. The van der Waals surface area contributed by atoms with E-state index >= 15 is 0 Å². The second kappa shape index (κ2) is 7.77. The van der Waals surface area contributed by atoms with Crippen molar-refractivity contribution >= 4 is 7.32 Å². The minimum atomic E-state index is -2.17. The molecule has 1 aromatic carbocycles. The predicted molar refractivity (Wildman–Crippen MR) is 38.6 cm³/mol. The zero-order valence-electron chi connectivity index (χ0n) is 7.19. The monoisotopic (exact) mass is 337 g/mol. The molecule has 0 fully saturated rings. The zero-order chi connectivity index (χ0) is 12.2. The molecule has 0 spiro atoms. The first-order valence-electron chi connectivity index (χ1n) is 3.30. The van der Waals surface area contributed by atoms with E-state index in [0.717, 1.165) is 0 Å². The van der Waals surface area contributed by atoms with Gasteiger partial charge in [0.1, 0.15) is 0 Å². The van der Waals surface area contributed by atoms with Crippen LogP contribution < -0.4 is 0 Å². The summed E-state index contributed by atoms with van der Waals surface area (Å²) in [6.45, 7) is 0. The Morgan fingerprint density at radius 2 is 1.00 bits per heavy atom. The van der Waals surface area contributed by atoms with Gasteiger partial charge >= 0.3 is 7.32 Å². The Morgan fingerprint density at radius 1 is 0.750 bits per heavy atom. The van der Waals surface area contributed by atoms with Crippen LogP contribution in [0.15, 0.2) is 6.07 Å². The normalized spacial score (nSPS) is 8.75. The molecule has 0 aliphatic carbocycles. The smallest absolute Gasteiger partial charge is 0.402 e. The molecule has 0 unspecified atom stereocenters. The topological polar surface area (TPSA) is 60.7 Å². The molecule has 0 bridgehead atoms. The molecule has 16 heavy (non-hydrogen) atoms. The van der Waals surface area contributed by atoms with E-state index in [-0.39, 0.29) is 28.4 Å². The van der Waals surface area contributed by atoms with Crippen LogP contribution in [0.3, 0.4) is 0 Å². The Bertz CT molecular complexity index is 322. The second-order valence-electron chi connectivity index (χ2n) is 2.13. The van der Waals surface area contributed by atoms with Gasteiger partial charge in [-0.25, -0.2) is 22.0 Å². The van der Waals surface area contributed by atoms with Crippen LogP contribution in [-0.4, -0.2) is 22.4 Å². The van der Waals surface area contributed by atoms with Crippen LogP contribution >= 0.6 is 0 Å². The third kappa shape index (κ3) is 5.59. The third-order valence-electron chi connectivity index (χ3n) is 1.06. The van der Waals surface area contributed by atoms with Gasteiger partial charge in [0.25, 0.3) is 0 Å². The van der Waals surface area contributed by atoms with E-state index in [4.69, 9.17) is 15.1 Å². The number of benzene rings is 1. The fourth-order valence-electron chi connectivity index (χ4n) is 0.544. The molecular formula is C6H4AgBF5O3. The van der Waals surface area contributed by atoms with Crippen LogP contribution in [0.4, 0.5) is 22.0 Å². The van der Waals surface area contributed by atoms with E-state index in [1.54, 1.807) is 0 Å². The van der Waals surface area contributed by atoms with Crippen molar-refractivity contribution in [3.63, 3.8) is 0 Å². The maximum atomic E-state index is 12.0. The minimum Gasteiger partial charge on any atom is -0.402 e. The molecule has 0 aromatic heterocycles. The molecule has 3 nitrogen and oxygen atoms in total. The SMILES string of the molecule is Fc1cc(F)c(F)c(F)c1F.OB(O)O.[Ag]. The molecule has 0 aliphatic heterocycles. The Balaban J connectivity index is 0. The van der Waals surface area contributed by atoms with Crippen molar-refractivity contribution in [3.05, 3.63) is 35.2 Å². The quantitative estimate of drug-likeness (QED) is 0.277. The van der Waals surface area contributed by atoms with Crippen LogP contribution in [0, 0.1) is 29.1 Å². The third-order valence-corrected chi connectivity index (χ3v) is 1.06. The summed E-state index contributed by atoms with van der Waals surface area (Å²) in [5.74, 6) is -9.65. The molecule has 10 heteroatoms. The standard InChI is InChI=1S/C6HF5.Ag.BH3O3/c7-2-1-3(8)5(10)6(11)4(2)9;;2-1(3)4/h1H;;2-4H. The van der Waals surface area contributed by atoms with Gasteiger partial charge in [-0.05, 0) is 0 Å².